The largest absolute Gasteiger partial charge is 0.379 e. The Morgan fingerprint density at radius 1 is 1.33 bits per heavy atom. The van der Waals surface area contributed by atoms with E-state index < -0.39 is 0 Å². The highest BCUT2D eigenvalue weighted by Gasteiger charge is 2.18. The second-order valence-corrected chi connectivity index (χ2v) is 3.76. The zero-order chi connectivity index (χ0) is 8.97. The van der Waals surface area contributed by atoms with Crippen molar-refractivity contribution in [3.8, 4) is 0 Å². The minimum Gasteiger partial charge on any atom is -0.379 e. The van der Waals surface area contributed by atoms with E-state index in [-0.39, 0.29) is 6.23 Å². The second-order valence-electron chi connectivity index (χ2n) is 3.76. The molecule has 0 bridgehead atoms. The molecule has 0 aromatic heterocycles. The second kappa shape index (κ2) is 4.80. The lowest BCUT2D eigenvalue weighted by Gasteiger charge is -2.31. The van der Waals surface area contributed by atoms with Crippen LogP contribution in [-0.4, -0.2) is 42.5 Å². The van der Waals surface area contributed by atoms with Crippen LogP contribution >= 0.6 is 0 Å². The van der Waals surface area contributed by atoms with Crippen LogP contribution in [-0.2, 0) is 4.74 Å². The number of nitrogens with zero attached hydrogens (tertiary/aromatic N) is 1. The molecule has 72 valence electrons. The Labute approximate surface area is 74.3 Å². The first-order chi connectivity index (χ1) is 5.70. The summed E-state index contributed by atoms with van der Waals surface area (Å²) in [7, 11) is 0. The zero-order valence-electron chi connectivity index (χ0n) is 7.99. The van der Waals surface area contributed by atoms with E-state index in [9.17, 15) is 5.11 Å². The molecule has 1 fully saturated rings. The Balaban J connectivity index is 2.24. The van der Waals surface area contributed by atoms with E-state index >= 15 is 0 Å². The Kier molecular flexibility index (Phi) is 3.98. The molecule has 3 nitrogen and oxygen atoms in total. The van der Waals surface area contributed by atoms with E-state index in [1.807, 2.05) is 0 Å². The Morgan fingerprint density at radius 3 is 2.42 bits per heavy atom. The van der Waals surface area contributed by atoms with Gasteiger partial charge in [-0.15, -0.1) is 0 Å². The number of ether oxygens (including phenoxy) is 1. The van der Waals surface area contributed by atoms with Crippen LogP contribution in [0, 0.1) is 5.92 Å². The molecule has 1 rings (SSSR count). The predicted molar refractivity (Wildman–Crippen MR) is 47.9 cm³/mol. The molecule has 1 aliphatic rings. The first kappa shape index (κ1) is 9.96. The number of aliphatic hydroxyl groups is 1. The van der Waals surface area contributed by atoms with Gasteiger partial charge in [-0.05, 0) is 12.3 Å². The van der Waals surface area contributed by atoms with Gasteiger partial charge >= 0.3 is 0 Å². The minimum atomic E-state index is -0.270. The van der Waals surface area contributed by atoms with Gasteiger partial charge in [0.15, 0.2) is 0 Å². The van der Waals surface area contributed by atoms with Gasteiger partial charge in [0.05, 0.1) is 13.2 Å². The van der Waals surface area contributed by atoms with Crippen molar-refractivity contribution in [2.75, 3.05) is 26.3 Å². The van der Waals surface area contributed by atoms with E-state index in [0.29, 0.717) is 5.92 Å². The number of morpholine rings is 1. The van der Waals surface area contributed by atoms with Gasteiger partial charge in [0.2, 0.25) is 0 Å². The molecular formula is C9H19NO2. The highest BCUT2D eigenvalue weighted by atomic mass is 16.5. The topological polar surface area (TPSA) is 32.7 Å². The summed E-state index contributed by atoms with van der Waals surface area (Å²) in [5.41, 5.74) is 0. The highest BCUT2D eigenvalue weighted by molar-refractivity contribution is 4.66. The standard InChI is InChI=1S/C9H19NO2/c1-8(2)7-9(11)10-3-5-12-6-4-10/h8-9,11H,3-7H2,1-2H3. The lowest BCUT2D eigenvalue weighted by Crippen LogP contribution is -2.43. The smallest absolute Gasteiger partial charge is 0.107 e. The van der Waals surface area contributed by atoms with Crippen LogP contribution in [0.5, 0.6) is 0 Å². The van der Waals surface area contributed by atoms with Crippen LogP contribution in [0.15, 0.2) is 0 Å². The summed E-state index contributed by atoms with van der Waals surface area (Å²) in [5.74, 6) is 0.558. The molecule has 0 spiro atoms. The van der Waals surface area contributed by atoms with Gasteiger partial charge in [0.1, 0.15) is 6.23 Å². The van der Waals surface area contributed by atoms with Crippen LogP contribution in [0.2, 0.25) is 0 Å². The van der Waals surface area contributed by atoms with E-state index in [1.54, 1.807) is 0 Å². The maximum atomic E-state index is 9.71. The Hall–Kier alpha value is -0.120. The molecule has 1 aliphatic heterocycles. The van der Waals surface area contributed by atoms with Crippen LogP contribution < -0.4 is 0 Å². The van der Waals surface area contributed by atoms with Crippen molar-refractivity contribution in [1.29, 1.82) is 0 Å². The zero-order valence-corrected chi connectivity index (χ0v) is 7.99. The first-order valence-corrected chi connectivity index (χ1v) is 4.70. The minimum absolute atomic E-state index is 0.270. The molecule has 1 heterocycles. The van der Waals surface area contributed by atoms with Crippen molar-refractivity contribution in [2.45, 2.75) is 26.5 Å². The lowest BCUT2D eigenvalue weighted by atomic mass is 10.1. The molecule has 3 heteroatoms. The van der Waals surface area contributed by atoms with Gasteiger partial charge in [-0.1, -0.05) is 13.8 Å². The van der Waals surface area contributed by atoms with Crippen LogP contribution in [0.3, 0.4) is 0 Å². The third-order valence-electron chi connectivity index (χ3n) is 2.15. The maximum absolute atomic E-state index is 9.71. The van der Waals surface area contributed by atoms with Crippen molar-refractivity contribution >= 4 is 0 Å². The molecule has 0 aromatic rings. The molecule has 0 saturated carbocycles. The third kappa shape index (κ3) is 3.09. The molecule has 1 unspecified atom stereocenters. The highest BCUT2D eigenvalue weighted by Crippen LogP contribution is 2.10. The average molecular weight is 173 g/mol. The van der Waals surface area contributed by atoms with Gasteiger partial charge in [-0.25, -0.2) is 0 Å². The fraction of sp³-hybridized carbons (Fsp3) is 1.00. The summed E-state index contributed by atoms with van der Waals surface area (Å²) >= 11 is 0. The normalized spacial score (nSPS) is 23.0. The number of aliphatic hydroxyl groups excluding tert-OH is 1. The van der Waals surface area contributed by atoms with E-state index in [2.05, 4.69) is 18.7 Å². The molecule has 1 N–H and O–H groups in total. The van der Waals surface area contributed by atoms with Gasteiger partial charge in [-0.3, -0.25) is 4.90 Å². The summed E-state index contributed by atoms with van der Waals surface area (Å²) in [4.78, 5) is 2.09. The van der Waals surface area contributed by atoms with Crippen molar-refractivity contribution in [3.63, 3.8) is 0 Å². The van der Waals surface area contributed by atoms with Gasteiger partial charge in [-0.2, -0.15) is 0 Å². The number of hydrogen-bond donors (Lipinski definition) is 1. The molecule has 1 saturated heterocycles. The Morgan fingerprint density at radius 2 is 1.92 bits per heavy atom. The fourth-order valence-corrected chi connectivity index (χ4v) is 1.45. The van der Waals surface area contributed by atoms with Gasteiger partial charge in [0, 0.05) is 13.1 Å². The summed E-state index contributed by atoms with van der Waals surface area (Å²) < 4.78 is 5.20. The predicted octanol–water partition coefficient (Wildman–Crippen LogP) is 0.683. The van der Waals surface area contributed by atoms with E-state index in [0.717, 1.165) is 32.7 Å². The summed E-state index contributed by atoms with van der Waals surface area (Å²) in [6.07, 6.45) is 0.592. The molecule has 0 amide bonds. The van der Waals surface area contributed by atoms with Gasteiger partial charge in [0.25, 0.3) is 0 Å². The monoisotopic (exact) mass is 173 g/mol. The van der Waals surface area contributed by atoms with Crippen LogP contribution in [0.1, 0.15) is 20.3 Å². The average Bonchev–Trinajstić information content (AvgIpc) is 2.05. The molecule has 0 radical (unpaired) electrons. The Bertz CT molecular complexity index is 122. The van der Waals surface area contributed by atoms with Crippen molar-refractivity contribution in [1.82, 2.24) is 4.90 Å². The van der Waals surface area contributed by atoms with Crippen molar-refractivity contribution in [2.24, 2.45) is 5.92 Å². The third-order valence-corrected chi connectivity index (χ3v) is 2.15. The molecule has 0 aromatic carbocycles. The molecular weight excluding hydrogens is 154 g/mol. The van der Waals surface area contributed by atoms with Crippen LogP contribution in [0.25, 0.3) is 0 Å². The van der Waals surface area contributed by atoms with Crippen LogP contribution in [0.4, 0.5) is 0 Å². The quantitative estimate of drug-likeness (QED) is 0.681. The van der Waals surface area contributed by atoms with E-state index in [1.165, 1.54) is 0 Å². The first-order valence-electron chi connectivity index (χ1n) is 4.70. The summed E-state index contributed by atoms with van der Waals surface area (Å²) in [6.45, 7) is 7.51. The maximum Gasteiger partial charge on any atom is 0.107 e. The number of rotatable bonds is 3. The SMILES string of the molecule is CC(C)CC(O)N1CCOCC1. The summed E-state index contributed by atoms with van der Waals surface area (Å²) in [6, 6.07) is 0. The molecule has 1 atom stereocenters. The van der Waals surface area contributed by atoms with Crippen molar-refractivity contribution in [3.05, 3.63) is 0 Å². The molecule has 0 aliphatic carbocycles. The van der Waals surface area contributed by atoms with Crippen molar-refractivity contribution < 1.29 is 9.84 Å². The molecule has 12 heavy (non-hydrogen) atoms. The lowest BCUT2D eigenvalue weighted by molar-refractivity contribution is -0.0661. The van der Waals surface area contributed by atoms with Gasteiger partial charge < -0.3 is 9.84 Å². The fourth-order valence-electron chi connectivity index (χ4n) is 1.45. The van der Waals surface area contributed by atoms with E-state index in [4.69, 9.17) is 4.74 Å². The number of hydrogen-bond acceptors (Lipinski definition) is 3. The summed E-state index contributed by atoms with van der Waals surface area (Å²) in [5, 5.41) is 9.71.